The molecule has 0 aliphatic rings. The molecule has 4 aromatic rings. The highest BCUT2D eigenvalue weighted by atomic mass is 16.8. The van der Waals surface area contributed by atoms with E-state index in [2.05, 4.69) is 15.6 Å². The van der Waals surface area contributed by atoms with Crippen molar-refractivity contribution in [2.24, 2.45) is 0 Å². The zero-order valence-electron chi connectivity index (χ0n) is 22.4. The summed E-state index contributed by atoms with van der Waals surface area (Å²) in [4.78, 5) is 32.4. The summed E-state index contributed by atoms with van der Waals surface area (Å²) >= 11 is 0. The number of nitrogens with zero attached hydrogens (tertiary/aromatic N) is 3. The maximum atomic E-state index is 13.1. The lowest BCUT2D eigenvalue weighted by atomic mass is 10.1. The maximum Gasteiger partial charge on any atom is 0.408 e. The van der Waals surface area contributed by atoms with Crippen molar-refractivity contribution in [2.45, 2.75) is 51.9 Å². The second-order valence-electron chi connectivity index (χ2n) is 9.88. The number of carbonyl (C=O) groups excluding carboxylic acids is 2. The Balaban J connectivity index is 1.37. The zero-order valence-corrected chi connectivity index (χ0v) is 22.4. The molecule has 0 saturated carbocycles. The van der Waals surface area contributed by atoms with E-state index in [1.54, 1.807) is 52.0 Å². The number of alkyl carbamates (subject to hydrolysis) is 1. The fourth-order valence-corrected chi connectivity index (χ4v) is 3.74. The lowest BCUT2D eigenvalue weighted by Crippen LogP contribution is -2.45. The highest BCUT2D eigenvalue weighted by molar-refractivity contribution is 5.82. The summed E-state index contributed by atoms with van der Waals surface area (Å²) in [5, 5.41) is 10.6. The molecule has 1 amide bonds. The van der Waals surface area contributed by atoms with Crippen molar-refractivity contribution in [3.05, 3.63) is 90.0 Å². The molecule has 0 saturated heterocycles. The second kappa shape index (κ2) is 12.3. The summed E-state index contributed by atoms with van der Waals surface area (Å²) in [7, 11) is 0. The van der Waals surface area contributed by atoms with Gasteiger partial charge in [0.05, 0.1) is 0 Å². The summed E-state index contributed by atoms with van der Waals surface area (Å²) in [6.07, 6.45) is -0.990. The van der Waals surface area contributed by atoms with E-state index in [0.29, 0.717) is 11.3 Å². The first-order valence-corrected chi connectivity index (χ1v) is 12.6. The molecular formula is C29H32N4O6. The van der Waals surface area contributed by atoms with E-state index >= 15 is 0 Å². The molecule has 1 N–H and O–H groups in total. The van der Waals surface area contributed by atoms with Crippen LogP contribution in [0.15, 0.2) is 78.9 Å². The number of aromatic nitrogens is 3. The molecule has 0 fully saturated rings. The molecule has 0 aliphatic heterocycles. The van der Waals surface area contributed by atoms with Crippen LogP contribution < -0.4 is 14.9 Å². The lowest BCUT2D eigenvalue weighted by molar-refractivity contribution is -0.151. The van der Waals surface area contributed by atoms with E-state index in [4.69, 9.17) is 19.0 Å². The minimum atomic E-state index is -0.957. The number of amides is 1. The monoisotopic (exact) mass is 532 g/mol. The van der Waals surface area contributed by atoms with Crippen molar-refractivity contribution in [3.63, 3.8) is 0 Å². The highest BCUT2D eigenvalue weighted by Crippen LogP contribution is 2.19. The molecule has 0 aliphatic carbocycles. The predicted octanol–water partition coefficient (Wildman–Crippen LogP) is 4.64. The molecule has 10 nitrogen and oxygen atoms in total. The van der Waals surface area contributed by atoms with Gasteiger partial charge in [-0.1, -0.05) is 59.4 Å². The number of ether oxygens (including phenoxy) is 3. The summed E-state index contributed by atoms with van der Waals surface area (Å²) in [6, 6.07) is 23.0. The van der Waals surface area contributed by atoms with Gasteiger partial charge in [-0.15, -0.1) is 5.10 Å². The molecule has 1 heterocycles. The van der Waals surface area contributed by atoms with Crippen molar-refractivity contribution in [1.82, 2.24) is 20.5 Å². The number of nitrogens with one attached hydrogen (secondary N) is 1. The molecule has 2 atom stereocenters. The van der Waals surface area contributed by atoms with Crippen LogP contribution in [0.5, 0.6) is 5.75 Å². The van der Waals surface area contributed by atoms with Crippen LogP contribution in [-0.2, 0) is 20.7 Å². The third-order valence-electron chi connectivity index (χ3n) is 5.62. The van der Waals surface area contributed by atoms with Crippen LogP contribution in [-0.4, -0.2) is 45.7 Å². The summed E-state index contributed by atoms with van der Waals surface area (Å²) in [5.74, 6) is -0.00824. The predicted molar refractivity (Wildman–Crippen MR) is 144 cm³/mol. The number of benzene rings is 3. The molecule has 1 unspecified atom stereocenters. The molecule has 0 spiro atoms. The first kappa shape index (κ1) is 27.4. The van der Waals surface area contributed by atoms with Crippen molar-refractivity contribution < 1.29 is 28.6 Å². The van der Waals surface area contributed by atoms with E-state index in [-0.39, 0.29) is 13.2 Å². The van der Waals surface area contributed by atoms with Crippen molar-refractivity contribution in [3.8, 4) is 5.75 Å². The van der Waals surface area contributed by atoms with Gasteiger partial charge in [0.1, 0.15) is 34.5 Å². The standard InChI is InChI=1S/C29H32N4O6/c1-20(22-10-6-5-7-11-22)38-27(34)25(30-28(35)39-29(2,3)4)18-21-14-16-23(17-15-21)36-19-37-33-26-13-9-8-12-24(26)31-32-33/h5-17,20,25H,18-19H2,1-4H3,(H,30,35)/t20?,25-/m1/s1. The Kier molecular flexibility index (Phi) is 8.65. The van der Waals surface area contributed by atoms with E-state index in [9.17, 15) is 9.59 Å². The van der Waals surface area contributed by atoms with Gasteiger partial charge >= 0.3 is 12.1 Å². The molecule has 4 rings (SSSR count). The van der Waals surface area contributed by atoms with Gasteiger partial charge in [-0.25, -0.2) is 9.59 Å². The SMILES string of the molecule is CC(OC(=O)[C@@H](Cc1ccc(OCOn2nnc3ccccc32)cc1)NC(=O)OC(C)(C)C)c1ccccc1. The third-order valence-corrected chi connectivity index (χ3v) is 5.62. The van der Waals surface area contributed by atoms with Crippen LogP contribution in [0, 0.1) is 0 Å². The summed E-state index contributed by atoms with van der Waals surface area (Å²) < 4.78 is 16.7. The number of rotatable bonds is 10. The number of para-hydroxylation sites is 1. The number of carbonyl (C=O) groups is 2. The smallest absolute Gasteiger partial charge is 0.408 e. The highest BCUT2D eigenvalue weighted by Gasteiger charge is 2.27. The van der Waals surface area contributed by atoms with Gasteiger partial charge in [0, 0.05) is 6.42 Å². The minimum absolute atomic E-state index is 0.0841. The van der Waals surface area contributed by atoms with Crippen LogP contribution in [0.25, 0.3) is 11.0 Å². The number of esters is 1. The maximum absolute atomic E-state index is 13.1. The first-order valence-electron chi connectivity index (χ1n) is 12.6. The normalized spacial score (nSPS) is 12.8. The molecule has 1 aromatic heterocycles. The van der Waals surface area contributed by atoms with Crippen molar-refractivity contribution >= 4 is 23.1 Å². The number of fused-ring (bicyclic) bond motifs is 1. The van der Waals surface area contributed by atoms with Crippen molar-refractivity contribution in [2.75, 3.05) is 6.79 Å². The molecule has 10 heteroatoms. The van der Waals surface area contributed by atoms with Gasteiger partial charge < -0.3 is 24.4 Å². The molecule has 204 valence electrons. The van der Waals surface area contributed by atoms with Crippen LogP contribution in [0.1, 0.15) is 44.9 Å². The van der Waals surface area contributed by atoms with Gasteiger partial charge in [-0.2, -0.15) is 0 Å². The van der Waals surface area contributed by atoms with Crippen molar-refractivity contribution in [1.29, 1.82) is 0 Å². The number of hydrogen-bond acceptors (Lipinski definition) is 8. The van der Waals surface area contributed by atoms with Crippen LogP contribution in [0.2, 0.25) is 0 Å². The Hall–Kier alpha value is -4.60. The summed E-state index contributed by atoms with van der Waals surface area (Å²) in [5.41, 5.74) is 2.37. The first-order chi connectivity index (χ1) is 18.7. The topological polar surface area (TPSA) is 114 Å². The lowest BCUT2D eigenvalue weighted by Gasteiger charge is -2.24. The Morgan fingerprint density at radius 2 is 1.64 bits per heavy atom. The van der Waals surface area contributed by atoms with Gasteiger partial charge in [-0.3, -0.25) is 0 Å². The van der Waals surface area contributed by atoms with E-state index in [1.807, 2.05) is 54.6 Å². The molecule has 0 radical (unpaired) electrons. The average molecular weight is 533 g/mol. The van der Waals surface area contributed by atoms with Gasteiger partial charge in [0.25, 0.3) is 6.79 Å². The van der Waals surface area contributed by atoms with E-state index < -0.39 is 29.8 Å². The Morgan fingerprint density at radius 1 is 0.949 bits per heavy atom. The van der Waals surface area contributed by atoms with Gasteiger partial charge in [-0.05, 0) is 68.3 Å². The van der Waals surface area contributed by atoms with Gasteiger partial charge in [0.2, 0.25) is 0 Å². The summed E-state index contributed by atoms with van der Waals surface area (Å²) in [6.45, 7) is 6.97. The molecule has 0 bridgehead atoms. The van der Waals surface area contributed by atoms with E-state index in [1.165, 1.54) is 4.85 Å². The third kappa shape index (κ3) is 7.94. The molecular weight excluding hydrogens is 500 g/mol. The van der Waals surface area contributed by atoms with Crippen LogP contribution >= 0.6 is 0 Å². The fraction of sp³-hybridized carbons (Fsp3) is 0.310. The zero-order chi connectivity index (χ0) is 27.8. The minimum Gasteiger partial charge on any atom is -0.456 e. The second-order valence-corrected chi connectivity index (χ2v) is 9.88. The van der Waals surface area contributed by atoms with Crippen LogP contribution in [0.4, 0.5) is 4.79 Å². The largest absolute Gasteiger partial charge is 0.456 e. The Labute approximate surface area is 226 Å². The fourth-order valence-electron chi connectivity index (χ4n) is 3.74. The Morgan fingerprint density at radius 3 is 2.36 bits per heavy atom. The number of hydrogen-bond donors (Lipinski definition) is 1. The quantitative estimate of drug-likeness (QED) is 0.232. The van der Waals surface area contributed by atoms with Gasteiger partial charge in [0.15, 0.2) is 0 Å². The van der Waals surface area contributed by atoms with E-state index in [0.717, 1.165) is 16.6 Å². The molecule has 3 aromatic carbocycles. The van der Waals surface area contributed by atoms with Crippen LogP contribution in [0.3, 0.4) is 0 Å². The molecule has 39 heavy (non-hydrogen) atoms. The average Bonchev–Trinajstić information content (AvgIpc) is 3.32. The Bertz CT molecular complexity index is 1380.